The second-order valence-electron chi connectivity index (χ2n) is 7.39. The molecule has 5 heteroatoms. The maximum Gasteiger partial charge on any atom is 0.119 e. The van der Waals surface area contributed by atoms with E-state index < -0.39 is 5.41 Å². The molecule has 4 aromatic rings. The smallest absolute Gasteiger partial charge is 0.119 e. The summed E-state index contributed by atoms with van der Waals surface area (Å²) in [6, 6.07) is 24.5. The minimum atomic E-state index is -0.638. The molecule has 0 fully saturated rings. The fourth-order valence-electron chi connectivity index (χ4n) is 3.40. The Balaban J connectivity index is 0.00000256. The second kappa shape index (κ2) is 8.89. The summed E-state index contributed by atoms with van der Waals surface area (Å²) in [5, 5.41) is 10.3. The van der Waals surface area contributed by atoms with Crippen molar-refractivity contribution in [3.05, 3.63) is 102 Å². The van der Waals surface area contributed by atoms with Crippen LogP contribution in [0.3, 0.4) is 0 Å². The van der Waals surface area contributed by atoms with Gasteiger partial charge in [-0.3, -0.25) is 9.97 Å². The fourth-order valence-corrected chi connectivity index (χ4v) is 3.40. The van der Waals surface area contributed by atoms with Gasteiger partial charge in [0.05, 0.1) is 11.4 Å². The first-order valence-electron chi connectivity index (χ1n) is 9.36. The van der Waals surface area contributed by atoms with Gasteiger partial charge in [0.15, 0.2) is 0 Å². The average molecular weight is 579 g/mol. The molecule has 0 unspecified atom stereocenters. The van der Waals surface area contributed by atoms with Crippen molar-refractivity contribution in [1.29, 1.82) is 0 Å². The Morgan fingerprint density at radius 1 is 0.867 bits per heavy atom. The van der Waals surface area contributed by atoms with Crippen LogP contribution < -0.4 is 0 Å². The standard InChI is InChI=1S/C25H20FN2O.Pt/c1-25(2,20-8-3-4-12-24(20)29)18-14-17(15-19(26)16-18)21-10-7-11-23(28-21)22-9-5-6-13-27-22;/h3-13,15-16,29H,1-2H3;/q-1;. The molecule has 0 saturated carbocycles. The molecule has 0 amide bonds. The molecule has 154 valence electrons. The summed E-state index contributed by atoms with van der Waals surface area (Å²) in [6.07, 6.45) is 1.71. The number of hydrogen-bond acceptors (Lipinski definition) is 3. The zero-order chi connectivity index (χ0) is 20.4. The third-order valence-corrected chi connectivity index (χ3v) is 5.04. The summed E-state index contributed by atoms with van der Waals surface area (Å²) >= 11 is 0. The summed E-state index contributed by atoms with van der Waals surface area (Å²) in [6.45, 7) is 3.88. The Labute approximate surface area is 189 Å². The number of hydrogen-bond donors (Lipinski definition) is 1. The molecule has 0 spiro atoms. The average Bonchev–Trinajstić information content (AvgIpc) is 2.74. The minimum absolute atomic E-state index is 0. The predicted molar refractivity (Wildman–Crippen MR) is 112 cm³/mol. The van der Waals surface area contributed by atoms with E-state index in [0.29, 0.717) is 28.1 Å². The summed E-state index contributed by atoms with van der Waals surface area (Å²) in [5.74, 6) is -0.200. The van der Waals surface area contributed by atoms with Crippen LogP contribution in [0.5, 0.6) is 5.75 Å². The molecule has 0 aliphatic heterocycles. The number of phenols is 1. The van der Waals surface area contributed by atoms with Crippen molar-refractivity contribution in [1.82, 2.24) is 9.97 Å². The second-order valence-corrected chi connectivity index (χ2v) is 7.39. The molecule has 0 aliphatic carbocycles. The van der Waals surface area contributed by atoms with Gasteiger partial charge in [-0.15, -0.1) is 29.3 Å². The largest absolute Gasteiger partial charge is 0.508 e. The summed E-state index contributed by atoms with van der Waals surface area (Å²) in [4.78, 5) is 8.99. The normalized spacial score (nSPS) is 11.0. The molecule has 4 rings (SSSR count). The van der Waals surface area contributed by atoms with Crippen LogP contribution in [0.25, 0.3) is 22.6 Å². The topological polar surface area (TPSA) is 46.0 Å². The maximum atomic E-state index is 14.6. The quantitative estimate of drug-likeness (QED) is 0.313. The molecular formula is C25H20FN2OPt-. The van der Waals surface area contributed by atoms with Crippen molar-refractivity contribution in [2.45, 2.75) is 19.3 Å². The van der Waals surface area contributed by atoms with Gasteiger partial charge in [0.1, 0.15) is 5.75 Å². The predicted octanol–water partition coefficient (Wildman–Crippen LogP) is 5.78. The van der Waals surface area contributed by atoms with Crippen LogP contribution in [-0.4, -0.2) is 15.1 Å². The number of phenolic OH excluding ortho intramolecular Hbond substituents is 1. The number of nitrogens with zero attached hydrogens (tertiary/aromatic N) is 2. The number of rotatable bonds is 4. The van der Waals surface area contributed by atoms with E-state index in [4.69, 9.17) is 0 Å². The van der Waals surface area contributed by atoms with Crippen LogP contribution >= 0.6 is 0 Å². The van der Waals surface area contributed by atoms with Gasteiger partial charge in [0.25, 0.3) is 0 Å². The molecule has 0 atom stereocenters. The summed E-state index contributed by atoms with van der Waals surface area (Å²) < 4.78 is 14.6. The maximum absolute atomic E-state index is 14.6. The molecular weight excluding hydrogens is 558 g/mol. The Kier molecular flexibility index (Phi) is 6.48. The Morgan fingerprint density at radius 3 is 2.30 bits per heavy atom. The zero-order valence-electron chi connectivity index (χ0n) is 16.5. The van der Waals surface area contributed by atoms with E-state index in [0.717, 1.165) is 5.69 Å². The minimum Gasteiger partial charge on any atom is -0.508 e. The van der Waals surface area contributed by atoms with Crippen LogP contribution in [0.15, 0.2) is 79.0 Å². The molecule has 0 radical (unpaired) electrons. The number of aromatic nitrogens is 2. The Morgan fingerprint density at radius 2 is 1.57 bits per heavy atom. The van der Waals surface area contributed by atoms with E-state index >= 15 is 0 Å². The van der Waals surface area contributed by atoms with Gasteiger partial charge in [0, 0.05) is 44.1 Å². The number of pyridine rings is 2. The molecule has 0 saturated heterocycles. The summed E-state index contributed by atoms with van der Waals surface area (Å²) in [5.41, 5.74) is 3.34. The first-order valence-corrected chi connectivity index (χ1v) is 9.36. The molecule has 0 aliphatic rings. The zero-order valence-corrected chi connectivity index (χ0v) is 18.8. The van der Waals surface area contributed by atoms with E-state index in [1.807, 2.05) is 62.4 Å². The molecule has 2 heterocycles. The molecule has 3 nitrogen and oxygen atoms in total. The molecule has 2 aromatic heterocycles. The number of halogens is 1. The van der Waals surface area contributed by atoms with Gasteiger partial charge in [-0.2, -0.15) is 0 Å². The number of para-hydroxylation sites is 1. The first kappa shape index (κ1) is 21.9. The van der Waals surface area contributed by atoms with Crippen LogP contribution in [0.1, 0.15) is 25.0 Å². The van der Waals surface area contributed by atoms with E-state index in [2.05, 4.69) is 16.0 Å². The van der Waals surface area contributed by atoms with Crippen molar-refractivity contribution in [2.24, 2.45) is 0 Å². The Bertz CT molecular complexity index is 1160. The molecule has 30 heavy (non-hydrogen) atoms. The monoisotopic (exact) mass is 578 g/mol. The van der Waals surface area contributed by atoms with Crippen LogP contribution in [-0.2, 0) is 26.5 Å². The van der Waals surface area contributed by atoms with E-state index in [9.17, 15) is 9.50 Å². The fraction of sp³-hybridized carbons (Fsp3) is 0.120. The van der Waals surface area contributed by atoms with Crippen LogP contribution in [0.2, 0.25) is 0 Å². The summed E-state index contributed by atoms with van der Waals surface area (Å²) in [7, 11) is 0. The van der Waals surface area contributed by atoms with Crippen molar-refractivity contribution in [3.63, 3.8) is 0 Å². The van der Waals surface area contributed by atoms with Gasteiger partial charge in [-0.05, 0) is 30.0 Å². The first-order chi connectivity index (χ1) is 13.9. The third-order valence-electron chi connectivity index (χ3n) is 5.04. The van der Waals surface area contributed by atoms with Crippen molar-refractivity contribution in [3.8, 4) is 28.4 Å². The van der Waals surface area contributed by atoms with Crippen molar-refractivity contribution < 1.29 is 30.6 Å². The van der Waals surface area contributed by atoms with Gasteiger partial charge in [0.2, 0.25) is 0 Å². The van der Waals surface area contributed by atoms with Gasteiger partial charge in [-0.25, -0.2) is 4.39 Å². The van der Waals surface area contributed by atoms with Gasteiger partial charge >= 0.3 is 0 Å². The van der Waals surface area contributed by atoms with E-state index in [1.54, 1.807) is 18.3 Å². The van der Waals surface area contributed by atoms with Crippen LogP contribution in [0, 0.1) is 11.9 Å². The van der Waals surface area contributed by atoms with Crippen LogP contribution in [0.4, 0.5) is 4.39 Å². The molecule has 0 bridgehead atoms. The third kappa shape index (κ3) is 4.34. The Hall–Kier alpha value is -2.84. The van der Waals surface area contributed by atoms with Crippen molar-refractivity contribution in [2.75, 3.05) is 0 Å². The van der Waals surface area contributed by atoms with E-state index in [1.165, 1.54) is 12.1 Å². The molecule has 1 N–H and O–H groups in total. The number of benzene rings is 2. The SMILES string of the molecule is CC(C)(c1[c-]c(-c2cccc(-c3ccccn3)n2)cc(F)c1)c1ccccc1O.[Pt]. The van der Waals surface area contributed by atoms with Gasteiger partial charge < -0.3 is 5.11 Å². The van der Waals surface area contributed by atoms with Crippen molar-refractivity contribution >= 4 is 0 Å². The van der Waals surface area contributed by atoms with Gasteiger partial charge in [-0.1, -0.05) is 50.2 Å². The van der Waals surface area contributed by atoms with E-state index in [-0.39, 0.29) is 32.6 Å². The number of aromatic hydroxyl groups is 1. The molecule has 2 aromatic carbocycles.